The van der Waals surface area contributed by atoms with Gasteiger partial charge in [0.2, 0.25) is 0 Å². The first-order chi connectivity index (χ1) is 10.6. The van der Waals surface area contributed by atoms with Crippen molar-refractivity contribution < 1.29 is 13.9 Å². The van der Waals surface area contributed by atoms with Crippen molar-refractivity contribution >= 4 is 17.7 Å². The average molecular weight is 319 g/mol. The van der Waals surface area contributed by atoms with Crippen molar-refractivity contribution in [1.82, 2.24) is 5.32 Å². The van der Waals surface area contributed by atoms with Crippen LogP contribution in [-0.2, 0) is 10.5 Å². The molecule has 2 rings (SSSR count). The third-order valence-electron chi connectivity index (χ3n) is 3.04. The third-order valence-corrected chi connectivity index (χ3v) is 4.02. The van der Waals surface area contributed by atoms with Crippen molar-refractivity contribution in [2.75, 3.05) is 12.3 Å². The first-order valence-corrected chi connectivity index (χ1v) is 8.42. The molecule has 4 nitrogen and oxygen atoms in total. The van der Waals surface area contributed by atoms with Gasteiger partial charge in [-0.2, -0.15) is 11.8 Å². The van der Waals surface area contributed by atoms with E-state index in [1.54, 1.807) is 24.9 Å². The van der Waals surface area contributed by atoms with Crippen molar-refractivity contribution in [3.63, 3.8) is 0 Å². The number of amides is 1. The zero-order valence-electron chi connectivity index (χ0n) is 12.9. The van der Waals surface area contributed by atoms with E-state index in [9.17, 15) is 4.79 Å². The fourth-order valence-corrected chi connectivity index (χ4v) is 2.66. The number of furan rings is 1. The number of hydrogen-bond donors (Lipinski definition) is 1. The van der Waals surface area contributed by atoms with E-state index in [0.717, 1.165) is 28.6 Å². The highest BCUT2D eigenvalue weighted by atomic mass is 32.2. The maximum atomic E-state index is 12.0. The summed E-state index contributed by atoms with van der Waals surface area (Å²) >= 11 is 1.72. The highest BCUT2D eigenvalue weighted by Crippen LogP contribution is 2.14. The standard InChI is InChI=1S/C17H21NO3S/c1-13-5-3-6-15(11-13)21-14(2)17(19)18-8-10-22-12-16-7-4-9-20-16/h3-7,9,11,14H,8,10,12H2,1-2H3,(H,18,19). The number of carbonyl (C=O) groups is 1. The number of rotatable bonds is 8. The second-order valence-electron chi connectivity index (χ2n) is 5.00. The molecular formula is C17H21NO3S. The SMILES string of the molecule is Cc1cccc(OC(C)C(=O)NCCSCc2ccco2)c1. The Hall–Kier alpha value is -1.88. The normalized spacial score (nSPS) is 11.9. The molecule has 0 saturated carbocycles. The van der Waals surface area contributed by atoms with Crippen LogP contribution in [0.1, 0.15) is 18.2 Å². The van der Waals surface area contributed by atoms with Gasteiger partial charge in [0.15, 0.2) is 6.10 Å². The van der Waals surface area contributed by atoms with Crippen LogP contribution in [0.5, 0.6) is 5.75 Å². The molecule has 1 unspecified atom stereocenters. The molecule has 118 valence electrons. The number of thioether (sulfide) groups is 1. The van der Waals surface area contributed by atoms with Gasteiger partial charge in [-0.25, -0.2) is 0 Å². The van der Waals surface area contributed by atoms with Gasteiger partial charge in [0.25, 0.3) is 5.91 Å². The number of ether oxygens (including phenoxy) is 1. The first-order valence-electron chi connectivity index (χ1n) is 7.26. The van der Waals surface area contributed by atoms with E-state index in [-0.39, 0.29) is 5.91 Å². The third kappa shape index (κ3) is 5.48. The number of nitrogens with one attached hydrogen (secondary N) is 1. The summed E-state index contributed by atoms with van der Waals surface area (Å²) < 4.78 is 10.9. The molecule has 0 fully saturated rings. The van der Waals surface area contributed by atoms with Crippen LogP contribution >= 0.6 is 11.8 Å². The topological polar surface area (TPSA) is 51.5 Å². The summed E-state index contributed by atoms with van der Waals surface area (Å²) in [5.41, 5.74) is 1.11. The molecule has 0 radical (unpaired) electrons. The first kappa shape index (κ1) is 16.5. The Kier molecular flexibility index (Phi) is 6.40. The largest absolute Gasteiger partial charge is 0.481 e. The van der Waals surface area contributed by atoms with E-state index in [1.165, 1.54) is 0 Å². The second-order valence-corrected chi connectivity index (χ2v) is 6.10. The van der Waals surface area contributed by atoms with Crippen LogP contribution in [-0.4, -0.2) is 24.3 Å². The Morgan fingerprint density at radius 2 is 2.23 bits per heavy atom. The van der Waals surface area contributed by atoms with Gasteiger partial charge in [0.05, 0.1) is 12.0 Å². The van der Waals surface area contributed by atoms with Crippen LogP contribution in [0, 0.1) is 6.92 Å². The van der Waals surface area contributed by atoms with Gasteiger partial charge in [-0.1, -0.05) is 12.1 Å². The van der Waals surface area contributed by atoms with Crippen LogP contribution < -0.4 is 10.1 Å². The number of benzene rings is 1. The molecule has 1 aromatic heterocycles. The maximum absolute atomic E-state index is 12.0. The predicted molar refractivity (Wildman–Crippen MR) is 89.1 cm³/mol. The molecule has 1 amide bonds. The lowest BCUT2D eigenvalue weighted by atomic mass is 10.2. The molecule has 0 saturated heterocycles. The Morgan fingerprint density at radius 3 is 2.95 bits per heavy atom. The van der Waals surface area contributed by atoms with Crippen LogP contribution in [0.2, 0.25) is 0 Å². The van der Waals surface area contributed by atoms with Gasteiger partial charge >= 0.3 is 0 Å². The van der Waals surface area contributed by atoms with Gasteiger partial charge in [-0.05, 0) is 43.7 Å². The van der Waals surface area contributed by atoms with Crippen molar-refractivity contribution in [2.45, 2.75) is 25.7 Å². The summed E-state index contributed by atoms with van der Waals surface area (Å²) in [5, 5.41) is 2.88. The minimum Gasteiger partial charge on any atom is -0.481 e. The van der Waals surface area contributed by atoms with Crippen LogP contribution in [0.4, 0.5) is 0 Å². The Balaban J connectivity index is 1.64. The van der Waals surface area contributed by atoms with Gasteiger partial charge in [-0.15, -0.1) is 0 Å². The average Bonchev–Trinajstić information content (AvgIpc) is 3.00. The lowest BCUT2D eigenvalue weighted by molar-refractivity contribution is -0.127. The van der Waals surface area contributed by atoms with E-state index in [4.69, 9.17) is 9.15 Å². The zero-order chi connectivity index (χ0) is 15.8. The summed E-state index contributed by atoms with van der Waals surface area (Å²) in [5.74, 6) is 3.23. The molecule has 2 aromatic rings. The molecule has 0 aliphatic rings. The number of aryl methyl sites for hydroxylation is 1. The monoisotopic (exact) mass is 319 g/mol. The van der Waals surface area contributed by atoms with Crippen molar-refractivity contribution in [3.05, 3.63) is 54.0 Å². The fourth-order valence-electron chi connectivity index (χ4n) is 1.90. The van der Waals surface area contributed by atoms with E-state index in [0.29, 0.717) is 6.54 Å². The van der Waals surface area contributed by atoms with E-state index < -0.39 is 6.10 Å². The molecule has 22 heavy (non-hydrogen) atoms. The lowest BCUT2D eigenvalue weighted by Crippen LogP contribution is -2.37. The second kappa shape index (κ2) is 8.54. The summed E-state index contributed by atoms with van der Waals surface area (Å²) in [6, 6.07) is 11.5. The summed E-state index contributed by atoms with van der Waals surface area (Å²) in [4.78, 5) is 12.0. The summed E-state index contributed by atoms with van der Waals surface area (Å²) in [6.45, 7) is 4.37. The molecule has 0 aliphatic carbocycles. The molecule has 5 heteroatoms. The highest BCUT2D eigenvalue weighted by molar-refractivity contribution is 7.98. The van der Waals surface area contributed by atoms with Crippen molar-refractivity contribution in [3.8, 4) is 5.75 Å². The summed E-state index contributed by atoms with van der Waals surface area (Å²) in [7, 11) is 0. The zero-order valence-corrected chi connectivity index (χ0v) is 13.7. The predicted octanol–water partition coefficient (Wildman–Crippen LogP) is 3.40. The molecule has 1 N–H and O–H groups in total. The van der Waals surface area contributed by atoms with Crippen LogP contribution in [0.15, 0.2) is 47.1 Å². The van der Waals surface area contributed by atoms with Gasteiger partial charge in [0, 0.05) is 12.3 Å². The van der Waals surface area contributed by atoms with Crippen molar-refractivity contribution in [2.24, 2.45) is 0 Å². The van der Waals surface area contributed by atoms with E-state index in [2.05, 4.69) is 5.32 Å². The minimum absolute atomic E-state index is 0.0971. The highest BCUT2D eigenvalue weighted by Gasteiger charge is 2.13. The Labute approximate surface area is 135 Å². The molecule has 1 aromatic carbocycles. The maximum Gasteiger partial charge on any atom is 0.260 e. The van der Waals surface area contributed by atoms with Crippen LogP contribution in [0.25, 0.3) is 0 Å². The molecular weight excluding hydrogens is 298 g/mol. The van der Waals surface area contributed by atoms with E-state index in [1.807, 2.05) is 43.3 Å². The minimum atomic E-state index is -0.503. The fraction of sp³-hybridized carbons (Fsp3) is 0.353. The molecule has 0 bridgehead atoms. The van der Waals surface area contributed by atoms with Gasteiger partial charge in [0.1, 0.15) is 11.5 Å². The van der Waals surface area contributed by atoms with E-state index >= 15 is 0 Å². The Bertz CT molecular complexity index is 583. The van der Waals surface area contributed by atoms with Crippen LogP contribution in [0.3, 0.4) is 0 Å². The Morgan fingerprint density at radius 1 is 1.36 bits per heavy atom. The number of hydrogen-bond acceptors (Lipinski definition) is 4. The van der Waals surface area contributed by atoms with Gasteiger partial charge in [-0.3, -0.25) is 4.79 Å². The molecule has 0 aliphatic heterocycles. The van der Waals surface area contributed by atoms with Gasteiger partial charge < -0.3 is 14.5 Å². The number of carbonyl (C=O) groups excluding carboxylic acids is 1. The molecule has 1 heterocycles. The lowest BCUT2D eigenvalue weighted by Gasteiger charge is -2.15. The van der Waals surface area contributed by atoms with Crippen molar-refractivity contribution in [1.29, 1.82) is 0 Å². The quantitative estimate of drug-likeness (QED) is 0.758. The molecule has 1 atom stereocenters. The smallest absolute Gasteiger partial charge is 0.260 e. The molecule has 0 spiro atoms. The summed E-state index contributed by atoms with van der Waals surface area (Å²) in [6.07, 6.45) is 1.17.